The minimum absolute atomic E-state index is 0.000506. The molecule has 3 rings (SSSR count). The fraction of sp³-hybridized carbons (Fsp3) is 0.544. The van der Waals surface area contributed by atoms with E-state index in [0.717, 1.165) is 29.9 Å². The third kappa shape index (κ3) is 27.0. The summed E-state index contributed by atoms with van der Waals surface area (Å²) in [6.07, 6.45) is 2.71. The summed E-state index contributed by atoms with van der Waals surface area (Å²) in [6, 6.07) is 8.28. The molecule has 84 heavy (non-hydrogen) atoms. The van der Waals surface area contributed by atoms with Crippen LogP contribution >= 0.6 is 0 Å². The fourth-order valence-electron chi connectivity index (χ4n) is 8.39. The Labute approximate surface area is 490 Å². The summed E-state index contributed by atoms with van der Waals surface area (Å²) in [7, 11) is 0. The standard InChI is InChI=1S/C57H85N13O14/c1-7-25-62-56(81)83-34-38-13-17-41(18-14-38)64-51(76)40(11-9-27-60-54(58)79)33-44(71)49(36(3)4)67-45(72)23-29-69(31-32-70-47(74)21-22-48(70)75)30-24-46(73)68-50(37(5)6)53(78)66-43(12-10-28-61-55(59)80)52(77)65-42-19-15-39(16-20-42)35-84-57(82)63-26-8-2/h13-22,36-37,40,43,49-50H,7-12,23-35H2,1-6H3,(H,62,81)(H,63,82)(H,64,76)(H,65,77)(H,66,78)(H,67,72)(H,68,73)(H3,58,60,79)(H3,59,61,80)/t40-,43+,49+,50+/m1/s1. The number of nitrogens with two attached hydrogens (primary N) is 2. The van der Waals surface area contributed by atoms with Crippen molar-refractivity contribution in [1.82, 2.24) is 47.0 Å². The fourth-order valence-corrected chi connectivity index (χ4v) is 8.39. The first kappa shape index (κ1) is 69.6. The largest absolute Gasteiger partial charge is 0.445 e. The van der Waals surface area contributed by atoms with E-state index in [4.69, 9.17) is 20.9 Å². The summed E-state index contributed by atoms with van der Waals surface area (Å²) in [4.78, 5) is 157. The number of anilines is 2. The van der Waals surface area contributed by atoms with Crippen LogP contribution in [0.2, 0.25) is 0 Å². The quantitative estimate of drug-likeness (QED) is 0.0340. The van der Waals surface area contributed by atoms with Gasteiger partial charge in [-0.15, -0.1) is 0 Å². The summed E-state index contributed by atoms with van der Waals surface area (Å²) in [6.45, 7) is 11.8. The van der Waals surface area contributed by atoms with E-state index in [0.29, 0.717) is 42.0 Å². The van der Waals surface area contributed by atoms with E-state index in [1.165, 1.54) is 0 Å². The molecule has 0 fully saturated rings. The summed E-state index contributed by atoms with van der Waals surface area (Å²) in [5.41, 5.74) is 12.6. The molecular formula is C57H85N13O14. The number of ketones is 1. The highest BCUT2D eigenvalue weighted by molar-refractivity contribution is 6.12. The zero-order chi connectivity index (χ0) is 62.1. The maximum absolute atomic E-state index is 14.0. The van der Waals surface area contributed by atoms with Gasteiger partial charge in [-0.1, -0.05) is 65.8 Å². The van der Waals surface area contributed by atoms with Gasteiger partial charge in [0.1, 0.15) is 25.3 Å². The third-order valence-corrected chi connectivity index (χ3v) is 13.1. The minimum Gasteiger partial charge on any atom is -0.445 e. The highest BCUT2D eigenvalue weighted by Gasteiger charge is 2.32. The molecular weight excluding hydrogens is 1090 g/mol. The van der Waals surface area contributed by atoms with Crippen LogP contribution in [0.5, 0.6) is 0 Å². The molecule has 4 atom stereocenters. The molecule has 0 saturated heterocycles. The van der Waals surface area contributed by atoms with Gasteiger partial charge in [0, 0.05) is 101 Å². The van der Waals surface area contributed by atoms with Gasteiger partial charge >= 0.3 is 24.2 Å². The van der Waals surface area contributed by atoms with Crippen molar-refractivity contribution in [3.05, 3.63) is 71.8 Å². The Morgan fingerprint density at radius 2 is 1.00 bits per heavy atom. The Kier molecular flexibility index (Phi) is 31.1. The number of carbonyl (C=O) groups is 12. The maximum atomic E-state index is 14.0. The van der Waals surface area contributed by atoms with E-state index in [2.05, 4.69) is 47.9 Å². The van der Waals surface area contributed by atoms with Crippen molar-refractivity contribution in [3.8, 4) is 0 Å². The minimum atomic E-state index is -1.14. The number of hydrogen-bond donors (Lipinski definition) is 11. The lowest BCUT2D eigenvalue weighted by molar-refractivity contribution is -0.137. The van der Waals surface area contributed by atoms with Crippen LogP contribution in [-0.4, -0.2) is 152 Å². The molecule has 13 amide bonds. The lowest BCUT2D eigenvalue weighted by Crippen LogP contribution is -2.54. The molecule has 0 spiro atoms. The lowest BCUT2D eigenvalue weighted by atomic mass is 9.89. The van der Waals surface area contributed by atoms with Crippen LogP contribution in [0.4, 0.5) is 30.6 Å². The third-order valence-electron chi connectivity index (χ3n) is 13.1. The molecule has 0 aliphatic carbocycles. The number of Topliss-reactive ketones (excluding diaryl/α,β-unsaturated/α-hetero) is 1. The van der Waals surface area contributed by atoms with Crippen LogP contribution in [0.15, 0.2) is 60.7 Å². The van der Waals surface area contributed by atoms with Gasteiger partial charge in [0.05, 0.1) is 6.04 Å². The van der Waals surface area contributed by atoms with Crippen LogP contribution in [0.25, 0.3) is 0 Å². The number of nitrogens with zero attached hydrogens (tertiary/aromatic N) is 2. The maximum Gasteiger partial charge on any atom is 0.407 e. The summed E-state index contributed by atoms with van der Waals surface area (Å²) >= 11 is 0. The van der Waals surface area contributed by atoms with Crippen molar-refractivity contribution in [2.45, 2.75) is 131 Å². The number of hydrogen-bond acceptors (Lipinski definition) is 15. The predicted octanol–water partition coefficient (Wildman–Crippen LogP) is 2.78. The van der Waals surface area contributed by atoms with E-state index in [1.54, 1.807) is 81.1 Å². The van der Waals surface area contributed by atoms with Crippen LogP contribution < -0.4 is 59.3 Å². The molecule has 2 aromatic carbocycles. The summed E-state index contributed by atoms with van der Waals surface area (Å²) in [5, 5.41) is 24.0. The van der Waals surface area contributed by atoms with Gasteiger partial charge < -0.3 is 73.7 Å². The first-order valence-corrected chi connectivity index (χ1v) is 28.3. The highest BCUT2D eigenvalue weighted by atomic mass is 16.6. The first-order chi connectivity index (χ1) is 40.0. The molecule has 1 aliphatic rings. The zero-order valence-corrected chi connectivity index (χ0v) is 48.9. The number of urea groups is 2. The van der Waals surface area contributed by atoms with Crippen LogP contribution in [-0.2, 0) is 61.0 Å². The zero-order valence-electron chi connectivity index (χ0n) is 48.9. The average molecular weight is 1180 g/mol. The molecule has 0 aromatic heterocycles. The van der Waals surface area contributed by atoms with Crippen molar-refractivity contribution in [1.29, 1.82) is 0 Å². The number of carbonyl (C=O) groups excluding carboxylic acids is 12. The second-order valence-corrected chi connectivity index (χ2v) is 20.8. The van der Waals surface area contributed by atoms with Gasteiger partial charge in [-0.05, 0) is 85.8 Å². The molecule has 27 nitrogen and oxygen atoms in total. The monoisotopic (exact) mass is 1180 g/mol. The number of ether oxygens (including phenoxy) is 2. The van der Waals surface area contributed by atoms with Crippen molar-refractivity contribution in [2.75, 3.05) is 63.0 Å². The molecule has 462 valence electrons. The first-order valence-electron chi connectivity index (χ1n) is 28.3. The van der Waals surface area contributed by atoms with Crippen molar-refractivity contribution < 1.29 is 67.0 Å². The van der Waals surface area contributed by atoms with Gasteiger partial charge in [0.15, 0.2) is 5.78 Å². The summed E-state index contributed by atoms with van der Waals surface area (Å²) in [5.74, 6) is -6.16. The van der Waals surface area contributed by atoms with E-state index >= 15 is 0 Å². The molecule has 0 unspecified atom stereocenters. The number of primary amides is 2. The molecule has 13 N–H and O–H groups in total. The SMILES string of the molecule is CCCNC(=O)OCc1ccc(NC(=O)[C@H](CCCNC(N)=O)CC(=O)[C@@H](NC(=O)CCN(CCC(=O)N[C@H](C(=O)N[C@@H](CCCNC(N)=O)C(=O)Nc2ccc(COC(=O)NCCC)cc2)C(C)C)CCN2C(=O)C=CC2=O)C(C)C)cc1. The molecule has 0 saturated carbocycles. The Morgan fingerprint density at radius 3 is 1.45 bits per heavy atom. The van der Waals surface area contributed by atoms with Crippen LogP contribution in [0.3, 0.4) is 0 Å². The molecule has 0 radical (unpaired) electrons. The second-order valence-electron chi connectivity index (χ2n) is 20.8. The number of nitrogens with one attached hydrogen (secondary N) is 9. The molecule has 2 aromatic rings. The number of rotatable bonds is 38. The van der Waals surface area contributed by atoms with Crippen LogP contribution in [0.1, 0.15) is 110 Å². The average Bonchev–Trinajstić information content (AvgIpc) is 3.97. The van der Waals surface area contributed by atoms with E-state index in [-0.39, 0.29) is 91.0 Å². The van der Waals surface area contributed by atoms with Gasteiger partial charge in [-0.3, -0.25) is 43.3 Å². The van der Waals surface area contributed by atoms with E-state index in [9.17, 15) is 57.5 Å². The topological polar surface area (TPSA) is 390 Å². The van der Waals surface area contributed by atoms with Gasteiger partial charge in [0.2, 0.25) is 29.5 Å². The smallest absolute Gasteiger partial charge is 0.407 e. The lowest BCUT2D eigenvalue weighted by Gasteiger charge is -2.27. The van der Waals surface area contributed by atoms with Crippen molar-refractivity contribution in [3.63, 3.8) is 0 Å². The number of amides is 13. The van der Waals surface area contributed by atoms with Crippen LogP contribution in [0, 0.1) is 17.8 Å². The van der Waals surface area contributed by atoms with Crippen molar-refractivity contribution >= 4 is 82.8 Å². The number of alkyl carbamates (subject to hydrolysis) is 2. The molecule has 0 bridgehead atoms. The molecule has 27 heteroatoms. The summed E-state index contributed by atoms with van der Waals surface area (Å²) < 4.78 is 10.4. The highest BCUT2D eigenvalue weighted by Crippen LogP contribution is 2.20. The molecule has 1 heterocycles. The van der Waals surface area contributed by atoms with Crippen molar-refractivity contribution in [2.24, 2.45) is 29.2 Å². The normalized spacial score (nSPS) is 13.3. The van der Waals surface area contributed by atoms with Gasteiger partial charge in [-0.2, -0.15) is 0 Å². The van der Waals surface area contributed by atoms with E-state index in [1.807, 2.05) is 13.8 Å². The Bertz CT molecular complexity index is 2410. The Morgan fingerprint density at radius 1 is 0.548 bits per heavy atom. The van der Waals surface area contributed by atoms with Gasteiger partial charge in [0.25, 0.3) is 11.8 Å². The number of imide groups is 1. The van der Waals surface area contributed by atoms with E-state index < -0.39 is 107 Å². The Hall–Kier alpha value is -8.62. The Balaban J connectivity index is 1.70. The molecule has 1 aliphatic heterocycles. The van der Waals surface area contributed by atoms with Gasteiger partial charge in [-0.25, -0.2) is 19.2 Å². The predicted molar refractivity (Wildman–Crippen MR) is 311 cm³/mol. The number of benzene rings is 2. The second kappa shape index (κ2) is 37.5.